The number of phenolic OH excluding ortho intramolecular Hbond substituents is 1. The Morgan fingerprint density at radius 1 is 1.59 bits per heavy atom. The lowest BCUT2D eigenvalue weighted by molar-refractivity contribution is 0.00358. The van der Waals surface area contributed by atoms with Crippen LogP contribution in [0.3, 0.4) is 0 Å². The van der Waals surface area contributed by atoms with E-state index >= 15 is 0 Å². The average Bonchev–Trinajstić information content (AvgIpc) is 2.32. The highest BCUT2D eigenvalue weighted by Crippen LogP contribution is 2.22. The predicted molar refractivity (Wildman–Crippen MR) is 72.1 cm³/mol. The molecule has 17 heavy (non-hydrogen) atoms. The second-order valence-electron chi connectivity index (χ2n) is 4.09. The van der Waals surface area contributed by atoms with Crippen LogP contribution in [0, 0.1) is 3.57 Å². The van der Waals surface area contributed by atoms with Gasteiger partial charge in [0.2, 0.25) is 0 Å². The number of carbonyl (C=O) groups is 1. The third kappa shape index (κ3) is 2.71. The SMILES string of the molecule is CC1COCCN1C(=O)c1ccc(I)c(O)c1. The van der Waals surface area contributed by atoms with E-state index in [-0.39, 0.29) is 17.7 Å². The predicted octanol–water partition coefficient (Wildman–Crippen LogP) is 1.86. The number of hydrogen-bond acceptors (Lipinski definition) is 3. The summed E-state index contributed by atoms with van der Waals surface area (Å²) in [6.45, 7) is 3.71. The molecule has 1 saturated heterocycles. The summed E-state index contributed by atoms with van der Waals surface area (Å²) in [5.41, 5.74) is 0.525. The molecule has 1 aliphatic rings. The third-order valence-corrected chi connectivity index (χ3v) is 3.73. The second kappa shape index (κ2) is 5.22. The fourth-order valence-electron chi connectivity index (χ4n) is 1.84. The van der Waals surface area contributed by atoms with Crippen LogP contribution < -0.4 is 0 Å². The molecule has 1 atom stereocenters. The van der Waals surface area contributed by atoms with Crippen LogP contribution in [0.25, 0.3) is 0 Å². The van der Waals surface area contributed by atoms with Crippen LogP contribution in [0.5, 0.6) is 5.75 Å². The van der Waals surface area contributed by atoms with E-state index in [1.165, 1.54) is 6.07 Å². The lowest BCUT2D eigenvalue weighted by atomic mass is 10.1. The highest BCUT2D eigenvalue weighted by Gasteiger charge is 2.24. The molecule has 1 heterocycles. The van der Waals surface area contributed by atoms with Crippen molar-refractivity contribution in [2.24, 2.45) is 0 Å². The minimum atomic E-state index is -0.0486. The zero-order chi connectivity index (χ0) is 12.4. The first-order valence-corrected chi connectivity index (χ1v) is 6.54. The number of hydrogen-bond donors (Lipinski definition) is 1. The Morgan fingerprint density at radius 2 is 2.35 bits per heavy atom. The number of carbonyl (C=O) groups excluding carboxylic acids is 1. The molecule has 0 aromatic heterocycles. The second-order valence-corrected chi connectivity index (χ2v) is 5.25. The van der Waals surface area contributed by atoms with Gasteiger partial charge in [0.1, 0.15) is 5.75 Å². The van der Waals surface area contributed by atoms with E-state index in [2.05, 4.69) is 0 Å². The van der Waals surface area contributed by atoms with Crippen molar-refractivity contribution in [1.29, 1.82) is 0 Å². The molecule has 0 aliphatic carbocycles. The zero-order valence-electron chi connectivity index (χ0n) is 9.52. The smallest absolute Gasteiger partial charge is 0.254 e. The monoisotopic (exact) mass is 347 g/mol. The minimum Gasteiger partial charge on any atom is -0.507 e. The molecular formula is C12H14INO3. The molecule has 0 saturated carbocycles. The largest absolute Gasteiger partial charge is 0.507 e. The molecule has 1 aromatic carbocycles. The average molecular weight is 347 g/mol. The lowest BCUT2D eigenvalue weighted by Gasteiger charge is -2.33. The molecule has 1 unspecified atom stereocenters. The van der Waals surface area contributed by atoms with E-state index in [0.717, 1.165) is 3.57 Å². The number of ether oxygens (including phenoxy) is 1. The van der Waals surface area contributed by atoms with Gasteiger partial charge in [0.25, 0.3) is 5.91 Å². The fourth-order valence-corrected chi connectivity index (χ4v) is 2.18. The van der Waals surface area contributed by atoms with Crippen LogP contribution in [-0.4, -0.2) is 41.7 Å². The van der Waals surface area contributed by atoms with Gasteiger partial charge in [-0.1, -0.05) is 0 Å². The Bertz CT molecular complexity index is 436. The molecule has 4 nitrogen and oxygen atoms in total. The summed E-state index contributed by atoms with van der Waals surface area (Å²) >= 11 is 2.03. The number of amides is 1. The molecule has 0 spiro atoms. The van der Waals surface area contributed by atoms with Gasteiger partial charge < -0.3 is 14.7 Å². The number of morpholine rings is 1. The standard InChI is InChI=1S/C12H14INO3/c1-8-7-17-5-4-14(8)12(16)9-2-3-10(13)11(15)6-9/h2-3,6,8,15H,4-5,7H2,1H3. The Kier molecular flexibility index (Phi) is 3.88. The van der Waals surface area contributed by atoms with Crippen LogP contribution in [0.1, 0.15) is 17.3 Å². The van der Waals surface area contributed by atoms with Crippen LogP contribution in [0.15, 0.2) is 18.2 Å². The number of rotatable bonds is 1. The summed E-state index contributed by atoms with van der Waals surface area (Å²) in [4.78, 5) is 14.0. The molecule has 0 bridgehead atoms. The Morgan fingerprint density at radius 3 is 3.00 bits per heavy atom. The van der Waals surface area contributed by atoms with E-state index in [1.807, 2.05) is 29.5 Å². The molecule has 1 aliphatic heterocycles. The van der Waals surface area contributed by atoms with Crippen molar-refractivity contribution in [3.05, 3.63) is 27.3 Å². The first-order valence-electron chi connectivity index (χ1n) is 5.47. The number of aromatic hydroxyl groups is 1. The quantitative estimate of drug-likeness (QED) is 0.789. The van der Waals surface area contributed by atoms with Gasteiger partial charge in [-0.25, -0.2) is 0 Å². The topological polar surface area (TPSA) is 49.8 Å². The number of halogens is 1. The van der Waals surface area contributed by atoms with Gasteiger partial charge in [-0.3, -0.25) is 4.79 Å². The summed E-state index contributed by atoms with van der Waals surface area (Å²) < 4.78 is 6.04. The molecule has 92 valence electrons. The van der Waals surface area contributed by atoms with E-state index in [1.54, 1.807) is 17.0 Å². The van der Waals surface area contributed by atoms with Gasteiger partial charge in [-0.15, -0.1) is 0 Å². The zero-order valence-corrected chi connectivity index (χ0v) is 11.7. The van der Waals surface area contributed by atoms with Crippen molar-refractivity contribution in [2.75, 3.05) is 19.8 Å². The molecule has 2 rings (SSSR count). The van der Waals surface area contributed by atoms with Gasteiger partial charge in [0.05, 0.1) is 22.8 Å². The summed E-state index contributed by atoms with van der Waals surface area (Å²) in [5, 5.41) is 9.61. The van der Waals surface area contributed by atoms with Gasteiger partial charge in [0, 0.05) is 12.1 Å². The third-order valence-electron chi connectivity index (χ3n) is 2.82. The highest BCUT2D eigenvalue weighted by atomic mass is 127. The normalized spacial score (nSPS) is 20.4. The lowest BCUT2D eigenvalue weighted by Crippen LogP contribution is -2.47. The summed E-state index contributed by atoms with van der Waals surface area (Å²) in [6, 6.07) is 5.09. The first-order chi connectivity index (χ1) is 8.09. The highest BCUT2D eigenvalue weighted by molar-refractivity contribution is 14.1. The van der Waals surface area contributed by atoms with Crippen LogP contribution in [0.4, 0.5) is 0 Å². The molecular weight excluding hydrogens is 333 g/mol. The molecule has 5 heteroatoms. The summed E-state index contributed by atoms with van der Waals surface area (Å²) in [7, 11) is 0. The van der Waals surface area contributed by atoms with Crippen molar-refractivity contribution >= 4 is 28.5 Å². The maximum absolute atomic E-state index is 12.2. The Labute approximate surface area is 114 Å². The minimum absolute atomic E-state index is 0.0486. The van der Waals surface area contributed by atoms with Gasteiger partial charge >= 0.3 is 0 Å². The van der Waals surface area contributed by atoms with E-state index in [9.17, 15) is 9.90 Å². The van der Waals surface area contributed by atoms with E-state index in [0.29, 0.717) is 25.3 Å². The maximum atomic E-state index is 12.2. The number of benzene rings is 1. The number of phenols is 1. The molecule has 1 fully saturated rings. The van der Waals surface area contributed by atoms with Crippen LogP contribution in [0.2, 0.25) is 0 Å². The molecule has 1 N–H and O–H groups in total. The van der Waals surface area contributed by atoms with Crippen molar-refractivity contribution < 1.29 is 14.6 Å². The van der Waals surface area contributed by atoms with Crippen molar-refractivity contribution in [2.45, 2.75) is 13.0 Å². The summed E-state index contributed by atoms with van der Waals surface area (Å²) in [6.07, 6.45) is 0. The molecule has 0 radical (unpaired) electrons. The summed E-state index contributed by atoms with van der Waals surface area (Å²) in [5.74, 6) is 0.102. The molecule has 1 aromatic rings. The fraction of sp³-hybridized carbons (Fsp3) is 0.417. The first kappa shape index (κ1) is 12.6. The van der Waals surface area contributed by atoms with Gasteiger partial charge in [-0.05, 0) is 47.7 Å². The number of nitrogens with zero attached hydrogens (tertiary/aromatic N) is 1. The van der Waals surface area contributed by atoms with Gasteiger partial charge in [-0.2, -0.15) is 0 Å². The molecule has 1 amide bonds. The van der Waals surface area contributed by atoms with Crippen LogP contribution in [-0.2, 0) is 4.74 Å². The van der Waals surface area contributed by atoms with E-state index in [4.69, 9.17) is 4.74 Å². The van der Waals surface area contributed by atoms with Crippen molar-refractivity contribution in [3.8, 4) is 5.75 Å². The van der Waals surface area contributed by atoms with Gasteiger partial charge in [0.15, 0.2) is 0 Å². The van der Waals surface area contributed by atoms with Crippen molar-refractivity contribution in [1.82, 2.24) is 4.90 Å². The van der Waals surface area contributed by atoms with Crippen molar-refractivity contribution in [3.63, 3.8) is 0 Å². The van der Waals surface area contributed by atoms with E-state index < -0.39 is 0 Å². The Hall–Kier alpha value is -0.820. The van der Waals surface area contributed by atoms with Crippen LogP contribution >= 0.6 is 22.6 Å². The maximum Gasteiger partial charge on any atom is 0.254 e. The Balaban J connectivity index is 2.21.